The minimum Gasteiger partial charge on any atom is -0.386 e. The van der Waals surface area contributed by atoms with Crippen molar-refractivity contribution in [1.29, 1.82) is 0 Å². The fourth-order valence-corrected chi connectivity index (χ4v) is 1.22. The highest BCUT2D eigenvalue weighted by Crippen LogP contribution is 2.15. The first-order valence-electron chi connectivity index (χ1n) is 6.22. The normalized spacial score (nSPS) is 16.4. The number of allylic oxidation sites excluding steroid dienone is 3. The topological polar surface area (TPSA) is 66.8 Å². The molecule has 0 saturated heterocycles. The number of hydrogen-bond donors (Lipinski definition) is 2. The Balaban J connectivity index is 4.46. The van der Waals surface area contributed by atoms with E-state index in [2.05, 4.69) is 11.5 Å². The van der Waals surface area contributed by atoms with E-state index in [0.717, 1.165) is 0 Å². The number of rotatable bonds is 8. The molecule has 0 aromatic heterocycles. The van der Waals surface area contributed by atoms with Gasteiger partial charge in [-0.15, -0.1) is 6.58 Å². The molecule has 0 aliphatic carbocycles. The van der Waals surface area contributed by atoms with Gasteiger partial charge in [0.15, 0.2) is 5.78 Å². The van der Waals surface area contributed by atoms with Crippen LogP contribution in [0, 0.1) is 0 Å². The zero-order valence-electron chi connectivity index (χ0n) is 12.1. The van der Waals surface area contributed by atoms with Crippen LogP contribution < -0.4 is 0 Å². The molecule has 0 aliphatic heterocycles. The van der Waals surface area contributed by atoms with E-state index in [1.165, 1.54) is 18.2 Å². The Labute approximate surface area is 115 Å². The molecule has 0 heterocycles. The molecule has 0 rings (SSSR count). The van der Waals surface area contributed by atoms with Crippen LogP contribution in [-0.2, 0) is 9.68 Å². The average Bonchev–Trinajstić information content (AvgIpc) is 2.35. The Morgan fingerprint density at radius 1 is 1.37 bits per heavy atom. The average molecular weight is 268 g/mol. The summed E-state index contributed by atoms with van der Waals surface area (Å²) in [5, 5.41) is 18.3. The Morgan fingerprint density at radius 2 is 1.95 bits per heavy atom. The highest BCUT2D eigenvalue weighted by molar-refractivity contribution is 6.03. The Hall–Kier alpha value is -1.23. The molecular weight excluding hydrogens is 244 g/mol. The minimum atomic E-state index is -0.914. The SMILES string of the molecule is C=C[C@](C)(O)CC/C=C(\C)C(=O)/C=C/C(C)(C)OO. The molecule has 0 bridgehead atoms. The number of ketones is 1. The van der Waals surface area contributed by atoms with Crippen LogP contribution in [0.2, 0.25) is 0 Å². The Bertz CT molecular complexity index is 376. The zero-order valence-corrected chi connectivity index (χ0v) is 12.1. The second-order valence-corrected chi connectivity index (χ2v) is 5.38. The summed E-state index contributed by atoms with van der Waals surface area (Å²) in [4.78, 5) is 16.0. The van der Waals surface area contributed by atoms with Crippen LogP contribution in [0.1, 0.15) is 40.5 Å². The molecule has 4 heteroatoms. The molecule has 0 aromatic carbocycles. The second kappa shape index (κ2) is 7.38. The quantitative estimate of drug-likeness (QED) is 0.307. The van der Waals surface area contributed by atoms with Crippen molar-refractivity contribution >= 4 is 5.78 Å². The van der Waals surface area contributed by atoms with Gasteiger partial charge in [0.2, 0.25) is 0 Å². The van der Waals surface area contributed by atoms with Gasteiger partial charge in [-0.25, -0.2) is 4.89 Å². The number of aliphatic hydroxyl groups is 1. The minimum absolute atomic E-state index is 0.150. The van der Waals surface area contributed by atoms with Crippen LogP contribution in [0.25, 0.3) is 0 Å². The first-order chi connectivity index (χ1) is 8.63. The van der Waals surface area contributed by atoms with Crippen molar-refractivity contribution in [2.45, 2.75) is 51.7 Å². The van der Waals surface area contributed by atoms with Gasteiger partial charge in [0.25, 0.3) is 0 Å². The summed E-state index contributed by atoms with van der Waals surface area (Å²) >= 11 is 0. The zero-order chi connectivity index (χ0) is 15.1. The summed E-state index contributed by atoms with van der Waals surface area (Å²) in [6, 6.07) is 0. The maximum absolute atomic E-state index is 11.8. The summed E-state index contributed by atoms with van der Waals surface area (Å²) in [5.74, 6) is -0.150. The highest BCUT2D eigenvalue weighted by Gasteiger charge is 2.15. The van der Waals surface area contributed by atoms with Gasteiger partial charge in [0, 0.05) is 0 Å². The van der Waals surface area contributed by atoms with Gasteiger partial charge >= 0.3 is 0 Å². The van der Waals surface area contributed by atoms with E-state index in [-0.39, 0.29) is 5.78 Å². The van der Waals surface area contributed by atoms with Gasteiger partial charge in [-0.2, -0.15) is 0 Å². The number of hydrogen-bond acceptors (Lipinski definition) is 4. The van der Waals surface area contributed by atoms with Crippen molar-refractivity contribution in [1.82, 2.24) is 0 Å². The number of carbonyl (C=O) groups excluding carboxylic acids is 1. The smallest absolute Gasteiger partial charge is 0.181 e. The molecule has 2 N–H and O–H groups in total. The predicted molar refractivity (Wildman–Crippen MR) is 75.8 cm³/mol. The van der Waals surface area contributed by atoms with Crippen molar-refractivity contribution in [3.8, 4) is 0 Å². The standard InChI is InChI=1S/C15H24O4/c1-6-15(5,17)10-7-8-12(2)13(16)9-11-14(3,4)19-18/h6,8-9,11,17-18H,1,7,10H2,2-5H3/b11-9+,12-8+/t15-/m0/s1. The lowest BCUT2D eigenvalue weighted by molar-refractivity contribution is -0.297. The van der Waals surface area contributed by atoms with E-state index in [4.69, 9.17) is 5.26 Å². The van der Waals surface area contributed by atoms with Gasteiger partial charge < -0.3 is 5.11 Å². The maximum Gasteiger partial charge on any atom is 0.181 e. The van der Waals surface area contributed by atoms with Crippen molar-refractivity contribution < 1.29 is 20.0 Å². The van der Waals surface area contributed by atoms with Crippen molar-refractivity contribution in [2.24, 2.45) is 0 Å². The molecule has 19 heavy (non-hydrogen) atoms. The van der Waals surface area contributed by atoms with Crippen LogP contribution in [0.4, 0.5) is 0 Å². The van der Waals surface area contributed by atoms with E-state index >= 15 is 0 Å². The van der Waals surface area contributed by atoms with Crippen molar-refractivity contribution in [3.63, 3.8) is 0 Å². The summed E-state index contributed by atoms with van der Waals surface area (Å²) in [5.41, 5.74) is -1.21. The van der Waals surface area contributed by atoms with E-state index in [0.29, 0.717) is 18.4 Å². The van der Waals surface area contributed by atoms with Crippen LogP contribution >= 0.6 is 0 Å². The van der Waals surface area contributed by atoms with Crippen LogP contribution in [0.3, 0.4) is 0 Å². The fourth-order valence-electron chi connectivity index (χ4n) is 1.22. The van der Waals surface area contributed by atoms with E-state index in [9.17, 15) is 9.90 Å². The summed E-state index contributed by atoms with van der Waals surface area (Å²) in [6.07, 6.45) is 7.22. The summed E-state index contributed by atoms with van der Waals surface area (Å²) in [6.45, 7) is 10.2. The van der Waals surface area contributed by atoms with Crippen LogP contribution in [0.5, 0.6) is 0 Å². The lowest BCUT2D eigenvalue weighted by Gasteiger charge is -2.16. The summed E-state index contributed by atoms with van der Waals surface area (Å²) in [7, 11) is 0. The molecule has 0 radical (unpaired) electrons. The molecule has 0 unspecified atom stereocenters. The summed E-state index contributed by atoms with van der Waals surface area (Å²) < 4.78 is 0. The van der Waals surface area contributed by atoms with Gasteiger partial charge in [-0.05, 0) is 58.3 Å². The van der Waals surface area contributed by atoms with E-state index in [1.807, 2.05) is 0 Å². The Morgan fingerprint density at radius 3 is 2.42 bits per heavy atom. The van der Waals surface area contributed by atoms with Gasteiger partial charge in [0.1, 0.15) is 5.60 Å². The van der Waals surface area contributed by atoms with Crippen molar-refractivity contribution in [2.75, 3.05) is 0 Å². The molecule has 0 amide bonds. The third kappa shape index (κ3) is 7.72. The number of carbonyl (C=O) groups is 1. The van der Waals surface area contributed by atoms with Crippen molar-refractivity contribution in [3.05, 3.63) is 36.5 Å². The Kier molecular flexibility index (Phi) is 6.90. The lowest BCUT2D eigenvalue weighted by atomic mass is 9.99. The maximum atomic E-state index is 11.8. The molecule has 0 aromatic rings. The predicted octanol–water partition coefficient (Wildman–Crippen LogP) is 3.04. The van der Waals surface area contributed by atoms with Gasteiger partial charge in [0.05, 0.1) is 5.60 Å². The molecule has 108 valence electrons. The molecule has 0 spiro atoms. The molecule has 0 fully saturated rings. The fraction of sp³-hybridized carbons (Fsp3) is 0.533. The van der Waals surface area contributed by atoms with Gasteiger partial charge in [-0.1, -0.05) is 12.2 Å². The first kappa shape index (κ1) is 17.8. The van der Waals surface area contributed by atoms with Crippen LogP contribution in [0.15, 0.2) is 36.5 Å². The molecular formula is C15H24O4. The lowest BCUT2D eigenvalue weighted by Crippen LogP contribution is -2.19. The van der Waals surface area contributed by atoms with Crippen LogP contribution in [-0.4, -0.2) is 27.3 Å². The molecule has 0 aliphatic rings. The highest BCUT2D eigenvalue weighted by atomic mass is 17.1. The van der Waals surface area contributed by atoms with E-state index < -0.39 is 11.2 Å². The largest absolute Gasteiger partial charge is 0.386 e. The van der Waals surface area contributed by atoms with E-state index in [1.54, 1.807) is 33.8 Å². The molecule has 1 atom stereocenters. The monoisotopic (exact) mass is 268 g/mol. The molecule has 4 nitrogen and oxygen atoms in total. The third-order valence-corrected chi connectivity index (χ3v) is 2.80. The second-order valence-electron chi connectivity index (χ2n) is 5.38. The third-order valence-electron chi connectivity index (χ3n) is 2.80. The van der Waals surface area contributed by atoms with Gasteiger partial charge in [-0.3, -0.25) is 10.1 Å². The molecule has 0 saturated carbocycles. The first-order valence-corrected chi connectivity index (χ1v) is 6.22.